The molecule has 2 aliphatic heterocycles. The topological polar surface area (TPSA) is 66.5 Å². The van der Waals surface area contributed by atoms with Crippen LogP contribution in [0.15, 0.2) is 42.5 Å². The molecule has 2 aromatic carbocycles. The predicted octanol–water partition coefficient (Wildman–Crippen LogP) is 1.76. The van der Waals surface area contributed by atoms with Gasteiger partial charge in [-0.1, -0.05) is 42.5 Å². The first-order chi connectivity index (χ1) is 12.5. The van der Waals surface area contributed by atoms with Crippen molar-refractivity contribution in [3.63, 3.8) is 0 Å². The Labute approximate surface area is 154 Å². The number of benzene rings is 2. The molecule has 1 N–H and O–H groups in total. The second-order valence-corrected chi connectivity index (χ2v) is 9.57. The van der Waals surface area contributed by atoms with Gasteiger partial charge in [0.25, 0.3) is 0 Å². The lowest BCUT2D eigenvalue weighted by Gasteiger charge is -2.28. The molecular weight excluding hydrogens is 348 g/mol. The fourth-order valence-corrected chi connectivity index (χ4v) is 6.14. The van der Waals surface area contributed by atoms with E-state index in [0.717, 1.165) is 42.3 Å². The summed E-state index contributed by atoms with van der Waals surface area (Å²) in [6.07, 6.45) is 2.48. The van der Waals surface area contributed by atoms with Crippen molar-refractivity contribution in [3.8, 4) is 0 Å². The largest absolute Gasteiger partial charge is 0.350 e. The Morgan fingerprint density at radius 3 is 2.54 bits per heavy atom. The number of hydrogen-bond acceptors (Lipinski definition) is 4. The summed E-state index contributed by atoms with van der Waals surface area (Å²) in [6, 6.07) is 13.7. The van der Waals surface area contributed by atoms with Crippen LogP contribution < -0.4 is 5.32 Å². The molecule has 2 atom stereocenters. The molecule has 4 rings (SSSR count). The Morgan fingerprint density at radius 2 is 1.77 bits per heavy atom. The van der Waals surface area contributed by atoms with Gasteiger partial charge >= 0.3 is 0 Å². The molecule has 2 unspecified atom stereocenters. The van der Waals surface area contributed by atoms with Crippen LogP contribution in [-0.4, -0.2) is 55.9 Å². The molecule has 6 heteroatoms. The van der Waals surface area contributed by atoms with Crippen molar-refractivity contribution < 1.29 is 13.2 Å². The number of likely N-dealkylation sites (tertiary alicyclic amines) is 1. The van der Waals surface area contributed by atoms with Crippen molar-refractivity contribution in [2.75, 3.05) is 24.6 Å². The SMILES string of the molecule is O=C(Cc1ccc2ccccc2c1)NC1CS(=O)(=O)CC1N1CCCC1. The second-order valence-electron chi connectivity index (χ2n) is 7.42. The second kappa shape index (κ2) is 7.00. The van der Waals surface area contributed by atoms with Crippen LogP contribution in [0.3, 0.4) is 0 Å². The highest BCUT2D eigenvalue weighted by Crippen LogP contribution is 2.23. The molecule has 0 saturated carbocycles. The lowest BCUT2D eigenvalue weighted by Crippen LogP contribution is -2.50. The van der Waals surface area contributed by atoms with Gasteiger partial charge in [-0.2, -0.15) is 0 Å². The molecule has 2 aliphatic rings. The van der Waals surface area contributed by atoms with Gasteiger partial charge in [0.05, 0.1) is 24.0 Å². The first-order valence-electron chi connectivity index (χ1n) is 9.22. The van der Waals surface area contributed by atoms with Gasteiger partial charge in [0.1, 0.15) is 0 Å². The lowest BCUT2D eigenvalue weighted by atomic mass is 10.0. The van der Waals surface area contributed by atoms with E-state index >= 15 is 0 Å². The maximum absolute atomic E-state index is 12.6. The van der Waals surface area contributed by atoms with Crippen LogP contribution in [-0.2, 0) is 21.1 Å². The number of amides is 1. The number of carbonyl (C=O) groups is 1. The fraction of sp³-hybridized carbons (Fsp3) is 0.450. The molecule has 0 bridgehead atoms. The number of nitrogens with zero attached hydrogens (tertiary/aromatic N) is 1. The molecule has 26 heavy (non-hydrogen) atoms. The molecule has 0 aromatic heterocycles. The summed E-state index contributed by atoms with van der Waals surface area (Å²) in [4.78, 5) is 14.8. The Hall–Kier alpha value is -1.92. The van der Waals surface area contributed by atoms with Crippen molar-refractivity contribution in [2.24, 2.45) is 0 Å². The first kappa shape index (κ1) is 17.5. The molecular formula is C20H24N2O3S. The van der Waals surface area contributed by atoms with Gasteiger partial charge in [0.2, 0.25) is 5.91 Å². The van der Waals surface area contributed by atoms with Crippen LogP contribution in [0.1, 0.15) is 18.4 Å². The Morgan fingerprint density at radius 1 is 1.04 bits per heavy atom. The quantitative estimate of drug-likeness (QED) is 0.888. The van der Waals surface area contributed by atoms with Crippen molar-refractivity contribution in [1.82, 2.24) is 10.2 Å². The lowest BCUT2D eigenvalue weighted by molar-refractivity contribution is -0.121. The summed E-state index contributed by atoms with van der Waals surface area (Å²) in [5.74, 6) is 0.109. The van der Waals surface area contributed by atoms with E-state index in [2.05, 4.69) is 10.2 Å². The molecule has 2 aromatic rings. The summed E-state index contributed by atoms with van der Waals surface area (Å²) in [6.45, 7) is 1.86. The van der Waals surface area contributed by atoms with Crippen molar-refractivity contribution in [2.45, 2.75) is 31.3 Å². The van der Waals surface area contributed by atoms with Crippen molar-refractivity contribution in [1.29, 1.82) is 0 Å². The van der Waals surface area contributed by atoms with Gasteiger partial charge in [-0.3, -0.25) is 9.69 Å². The van der Waals surface area contributed by atoms with Crippen LogP contribution in [0.25, 0.3) is 10.8 Å². The van der Waals surface area contributed by atoms with Gasteiger partial charge in [-0.05, 0) is 42.3 Å². The van der Waals surface area contributed by atoms with Crippen LogP contribution in [0.2, 0.25) is 0 Å². The van der Waals surface area contributed by atoms with Crippen LogP contribution in [0, 0.1) is 0 Å². The van der Waals surface area contributed by atoms with E-state index in [9.17, 15) is 13.2 Å². The summed E-state index contributed by atoms with van der Waals surface area (Å²) < 4.78 is 24.2. The van der Waals surface area contributed by atoms with Crippen LogP contribution in [0.5, 0.6) is 0 Å². The maximum atomic E-state index is 12.6. The van der Waals surface area contributed by atoms with E-state index in [1.165, 1.54) is 0 Å². The molecule has 138 valence electrons. The summed E-state index contributed by atoms with van der Waals surface area (Å²) in [5, 5.41) is 5.25. The van der Waals surface area contributed by atoms with Crippen molar-refractivity contribution in [3.05, 3.63) is 48.0 Å². The fourth-order valence-electron chi connectivity index (χ4n) is 4.19. The molecule has 2 fully saturated rings. The standard InChI is InChI=1S/C20H24N2O3S/c23-20(12-15-7-8-16-5-1-2-6-17(16)11-15)21-18-13-26(24,25)14-19(18)22-9-3-4-10-22/h1-2,5-8,11,18-19H,3-4,9-10,12-14H2,(H,21,23). The molecule has 2 heterocycles. The zero-order valence-corrected chi connectivity index (χ0v) is 15.5. The number of rotatable bonds is 4. The summed E-state index contributed by atoms with van der Waals surface area (Å²) >= 11 is 0. The highest BCUT2D eigenvalue weighted by atomic mass is 32.2. The van der Waals surface area contributed by atoms with E-state index in [0.29, 0.717) is 0 Å². The minimum Gasteiger partial charge on any atom is -0.350 e. The van der Waals surface area contributed by atoms with Crippen LogP contribution >= 0.6 is 0 Å². The molecule has 0 spiro atoms. The predicted molar refractivity (Wildman–Crippen MR) is 103 cm³/mol. The van der Waals surface area contributed by atoms with Gasteiger partial charge < -0.3 is 5.32 Å². The number of hydrogen-bond donors (Lipinski definition) is 1. The summed E-state index contributed by atoms with van der Waals surface area (Å²) in [7, 11) is -3.09. The van der Waals surface area contributed by atoms with E-state index in [4.69, 9.17) is 0 Å². The minimum atomic E-state index is -3.09. The van der Waals surface area contributed by atoms with Gasteiger partial charge in [-0.15, -0.1) is 0 Å². The average molecular weight is 372 g/mol. The highest BCUT2D eigenvalue weighted by molar-refractivity contribution is 7.91. The summed E-state index contributed by atoms with van der Waals surface area (Å²) in [5.41, 5.74) is 0.944. The van der Waals surface area contributed by atoms with Crippen LogP contribution in [0.4, 0.5) is 0 Å². The molecule has 5 nitrogen and oxygen atoms in total. The zero-order valence-electron chi connectivity index (χ0n) is 14.7. The monoisotopic (exact) mass is 372 g/mol. The maximum Gasteiger partial charge on any atom is 0.224 e. The molecule has 2 saturated heterocycles. The van der Waals surface area contributed by atoms with Gasteiger partial charge in [0, 0.05) is 6.04 Å². The molecule has 0 aliphatic carbocycles. The Kier molecular flexibility index (Phi) is 4.71. The number of carbonyl (C=O) groups excluding carboxylic acids is 1. The smallest absolute Gasteiger partial charge is 0.224 e. The average Bonchev–Trinajstić information content (AvgIpc) is 3.22. The van der Waals surface area contributed by atoms with E-state index in [1.54, 1.807) is 0 Å². The van der Waals surface area contributed by atoms with E-state index in [1.807, 2.05) is 42.5 Å². The minimum absolute atomic E-state index is 0.0532. The third kappa shape index (κ3) is 3.76. The van der Waals surface area contributed by atoms with E-state index < -0.39 is 9.84 Å². The number of fused-ring (bicyclic) bond motifs is 1. The molecule has 0 radical (unpaired) electrons. The highest BCUT2D eigenvalue weighted by Gasteiger charge is 2.42. The molecule has 1 amide bonds. The number of sulfone groups is 1. The van der Waals surface area contributed by atoms with Crippen molar-refractivity contribution >= 4 is 26.5 Å². The number of nitrogens with one attached hydrogen (secondary N) is 1. The normalized spacial score (nSPS) is 25.5. The zero-order chi connectivity index (χ0) is 18.1. The third-order valence-electron chi connectivity index (χ3n) is 5.46. The first-order valence-corrected chi connectivity index (χ1v) is 11.0. The van der Waals surface area contributed by atoms with E-state index in [-0.39, 0.29) is 35.9 Å². The van der Waals surface area contributed by atoms with Gasteiger partial charge in [0.15, 0.2) is 9.84 Å². The third-order valence-corrected chi connectivity index (χ3v) is 7.17. The van der Waals surface area contributed by atoms with Gasteiger partial charge in [-0.25, -0.2) is 8.42 Å². The Bertz CT molecular complexity index is 920. The Balaban J connectivity index is 1.45.